The van der Waals surface area contributed by atoms with Crippen LogP contribution in [-0.2, 0) is 4.79 Å². The number of ketones is 1. The zero-order valence-electron chi connectivity index (χ0n) is 11.7. The van der Waals surface area contributed by atoms with E-state index in [4.69, 9.17) is 11.6 Å². The predicted octanol–water partition coefficient (Wildman–Crippen LogP) is 2.89. The molecule has 112 valence electrons. The Balaban J connectivity index is 2.28. The number of hydrogen-bond acceptors (Lipinski definition) is 4. The maximum absolute atomic E-state index is 11.8. The van der Waals surface area contributed by atoms with E-state index in [9.17, 15) is 14.7 Å². The summed E-state index contributed by atoms with van der Waals surface area (Å²) in [6.45, 7) is 4.15. The molecule has 0 bridgehead atoms. The van der Waals surface area contributed by atoms with Gasteiger partial charge >= 0.3 is 0 Å². The Morgan fingerprint density at radius 1 is 1.40 bits per heavy atom. The number of rotatable bonds is 8. The highest BCUT2D eigenvalue weighted by Crippen LogP contribution is 2.22. The maximum Gasteiger partial charge on any atom is 0.220 e. The Morgan fingerprint density at radius 2 is 2.10 bits per heavy atom. The molecule has 0 saturated heterocycles. The summed E-state index contributed by atoms with van der Waals surface area (Å²) in [7, 11) is 0. The molecule has 1 aromatic rings. The summed E-state index contributed by atoms with van der Waals surface area (Å²) >= 11 is 6.97. The summed E-state index contributed by atoms with van der Waals surface area (Å²) in [6, 6.07) is 3.34. The van der Waals surface area contributed by atoms with Crippen LogP contribution in [0.1, 0.15) is 42.8 Å². The molecule has 1 heterocycles. The predicted molar refractivity (Wildman–Crippen MR) is 81.4 cm³/mol. The molecule has 2 atom stereocenters. The third-order valence-corrected chi connectivity index (χ3v) is 4.51. The minimum atomic E-state index is -0.546. The summed E-state index contributed by atoms with van der Waals surface area (Å²) in [5, 5.41) is 12.4. The normalized spacial score (nSPS) is 13.8. The quantitative estimate of drug-likeness (QED) is 0.724. The minimum Gasteiger partial charge on any atom is -0.391 e. The number of nitrogens with one attached hydrogen (secondary N) is 1. The van der Waals surface area contributed by atoms with Crippen molar-refractivity contribution >= 4 is 34.6 Å². The molecule has 0 aromatic carbocycles. The molecule has 2 unspecified atom stereocenters. The number of aliphatic hydroxyl groups is 1. The van der Waals surface area contributed by atoms with Gasteiger partial charge in [-0.3, -0.25) is 9.59 Å². The van der Waals surface area contributed by atoms with Gasteiger partial charge in [-0.15, -0.1) is 11.3 Å². The van der Waals surface area contributed by atoms with E-state index in [1.54, 1.807) is 12.1 Å². The van der Waals surface area contributed by atoms with Crippen molar-refractivity contribution in [2.75, 3.05) is 6.54 Å². The minimum absolute atomic E-state index is 0.0838. The molecule has 0 fully saturated rings. The second kappa shape index (κ2) is 8.39. The Labute approximate surface area is 128 Å². The van der Waals surface area contributed by atoms with E-state index in [-0.39, 0.29) is 37.0 Å². The van der Waals surface area contributed by atoms with Crippen molar-refractivity contribution in [1.82, 2.24) is 5.32 Å². The first-order chi connectivity index (χ1) is 9.43. The standard InChI is InChI=1S/C14H20ClNO3S/c1-3-9(2)11(18)8-16-14(19)7-4-10(17)12-5-6-13(15)20-12/h5-6,9,11,18H,3-4,7-8H2,1-2H3,(H,16,19). The molecule has 1 aromatic heterocycles. The number of Topliss-reactive ketones (excluding diaryl/α,β-unsaturated/α-hetero) is 1. The van der Waals surface area contributed by atoms with Gasteiger partial charge in [-0.05, 0) is 18.1 Å². The van der Waals surface area contributed by atoms with Crippen molar-refractivity contribution in [3.05, 3.63) is 21.3 Å². The summed E-state index contributed by atoms with van der Waals surface area (Å²) < 4.78 is 0.564. The molecule has 1 amide bonds. The first-order valence-corrected chi connectivity index (χ1v) is 7.86. The summed E-state index contributed by atoms with van der Waals surface area (Å²) in [6.07, 6.45) is 0.592. The van der Waals surface area contributed by atoms with Crippen LogP contribution in [0.15, 0.2) is 12.1 Å². The van der Waals surface area contributed by atoms with Gasteiger partial charge in [-0.25, -0.2) is 0 Å². The molecule has 6 heteroatoms. The van der Waals surface area contributed by atoms with E-state index < -0.39 is 6.10 Å². The Hall–Kier alpha value is -0.910. The smallest absolute Gasteiger partial charge is 0.220 e. The van der Waals surface area contributed by atoms with Gasteiger partial charge in [0.2, 0.25) is 5.91 Å². The zero-order valence-corrected chi connectivity index (χ0v) is 13.3. The molecule has 0 aliphatic rings. The number of amides is 1. The average Bonchev–Trinajstić information content (AvgIpc) is 2.87. The summed E-state index contributed by atoms with van der Waals surface area (Å²) in [5.74, 6) is -0.159. The van der Waals surface area contributed by atoms with Crippen LogP contribution in [-0.4, -0.2) is 29.4 Å². The first kappa shape index (κ1) is 17.1. The van der Waals surface area contributed by atoms with Crippen LogP contribution in [0.3, 0.4) is 0 Å². The van der Waals surface area contributed by atoms with Gasteiger partial charge < -0.3 is 10.4 Å². The number of hydrogen-bond donors (Lipinski definition) is 2. The van der Waals surface area contributed by atoms with Crippen molar-refractivity contribution in [2.45, 2.75) is 39.2 Å². The number of halogens is 1. The fourth-order valence-corrected chi connectivity index (χ4v) is 2.60. The van der Waals surface area contributed by atoms with Gasteiger partial charge in [0.1, 0.15) is 0 Å². The van der Waals surface area contributed by atoms with E-state index in [1.165, 1.54) is 11.3 Å². The van der Waals surface area contributed by atoms with Crippen LogP contribution in [0.5, 0.6) is 0 Å². The van der Waals surface area contributed by atoms with E-state index in [1.807, 2.05) is 13.8 Å². The summed E-state index contributed by atoms with van der Waals surface area (Å²) in [5.41, 5.74) is 0. The van der Waals surface area contributed by atoms with Gasteiger partial charge in [-0.2, -0.15) is 0 Å². The van der Waals surface area contributed by atoms with Crippen molar-refractivity contribution in [1.29, 1.82) is 0 Å². The SMILES string of the molecule is CCC(C)C(O)CNC(=O)CCC(=O)c1ccc(Cl)s1. The van der Waals surface area contributed by atoms with Crippen molar-refractivity contribution < 1.29 is 14.7 Å². The zero-order chi connectivity index (χ0) is 15.1. The highest BCUT2D eigenvalue weighted by Gasteiger charge is 2.15. The van der Waals surface area contributed by atoms with Crippen LogP contribution in [0, 0.1) is 5.92 Å². The number of carbonyl (C=O) groups excluding carboxylic acids is 2. The van der Waals surface area contributed by atoms with E-state index in [2.05, 4.69) is 5.32 Å². The molecule has 0 aliphatic heterocycles. The molecule has 0 spiro atoms. The fourth-order valence-electron chi connectivity index (χ4n) is 1.59. The molecule has 1 rings (SSSR count). The second-order valence-corrected chi connectivity index (χ2v) is 6.50. The highest BCUT2D eigenvalue weighted by molar-refractivity contribution is 7.18. The highest BCUT2D eigenvalue weighted by atomic mass is 35.5. The lowest BCUT2D eigenvalue weighted by Crippen LogP contribution is -2.35. The fraction of sp³-hybridized carbons (Fsp3) is 0.571. The van der Waals surface area contributed by atoms with Gasteiger partial charge in [0.25, 0.3) is 0 Å². The topological polar surface area (TPSA) is 66.4 Å². The van der Waals surface area contributed by atoms with Crippen LogP contribution in [0.2, 0.25) is 4.34 Å². The lowest BCUT2D eigenvalue weighted by Gasteiger charge is -2.17. The van der Waals surface area contributed by atoms with Gasteiger partial charge in [0.15, 0.2) is 5.78 Å². The molecule has 20 heavy (non-hydrogen) atoms. The van der Waals surface area contributed by atoms with Crippen molar-refractivity contribution in [2.24, 2.45) is 5.92 Å². The largest absolute Gasteiger partial charge is 0.391 e. The van der Waals surface area contributed by atoms with Crippen molar-refractivity contribution in [3.63, 3.8) is 0 Å². The van der Waals surface area contributed by atoms with Crippen LogP contribution >= 0.6 is 22.9 Å². The Morgan fingerprint density at radius 3 is 2.65 bits per heavy atom. The second-order valence-electron chi connectivity index (χ2n) is 4.78. The maximum atomic E-state index is 11.8. The third kappa shape index (κ3) is 5.61. The summed E-state index contributed by atoms with van der Waals surface area (Å²) in [4.78, 5) is 24.0. The first-order valence-electron chi connectivity index (χ1n) is 6.67. The molecule has 4 nitrogen and oxygen atoms in total. The van der Waals surface area contributed by atoms with E-state index in [0.717, 1.165) is 6.42 Å². The van der Waals surface area contributed by atoms with Gasteiger partial charge in [0, 0.05) is 19.4 Å². The van der Waals surface area contributed by atoms with Crippen LogP contribution in [0.25, 0.3) is 0 Å². The van der Waals surface area contributed by atoms with Gasteiger partial charge in [0.05, 0.1) is 15.3 Å². The number of aliphatic hydroxyl groups excluding tert-OH is 1. The molecule has 0 aliphatic carbocycles. The average molecular weight is 318 g/mol. The van der Waals surface area contributed by atoms with Crippen LogP contribution in [0.4, 0.5) is 0 Å². The Bertz CT molecular complexity index is 461. The molecule has 0 radical (unpaired) electrons. The number of carbonyl (C=O) groups is 2. The molecule has 2 N–H and O–H groups in total. The molecular weight excluding hydrogens is 298 g/mol. The third-order valence-electron chi connectivity index (χ3n) is 3.24. The monoisotopic (exact) mass is 317 g/mol. The van der Waals surface area contributed by atoms with E-state index >= 15 is 0 Å². The van der Waals surface area contributed by atoms with Gasteiger partial charge in [-0.1, -0.05) is 31.9 Å². The molecular formula is C14H20ClNO3S. The number of thiophene rings is 1. The molecule has 0 saturated carbocycles. The lowest BCUT2D eigenvalue weighted by atomic mass is 10.0. The van der Waals surface area contributed by atoms with E-state index in [0.29, 0.717) is 9.21 Å². The Kier molecular flexibility index (Phi) is 7.19. The lowest BCUT2D eigenvalue weighted by molar-refractivity contribution is -0.121. The van der Waals surface area contributed by atoms with Crippen molar-refractivity contribution in [3.8, 4) is 0 Å². The van der Waals surface area contributed by atoms with Crippen LogP contribution < -0.4 is 5.32 Å².